The maximum absolute atomic E-state index is 10.1. The van der Waals surface area contributed by atoms with E-state index < -0.39 is 37.3 Å². The van der Waals surface area contributed by atoms with E-state index in [1.54, 1.807) is 0 Å². The summed E-state index contributed by atoms with van der Waals surface area (Å²) in [5.41, 5.74) is 0. The fourth-order valence-electron chi connectivity index (χ4n) is 1.36. The molecule has 0 aromatic rings. The number of rotatable bonds is 3. The molecule has 1 unspecified atom stereocenters. The molecule has 0 saturated carbocycles. The molecule has 1 saturated heterocycles. The van der Waals surface area contributed by atoms with Crippen molar-refractivity contribution in [1.82, 2.24) is 5.32 Å². The van der Waals surface area contributed by atoms with Crippen molar-refractivity contribution in [3.8, 4) is 0 Å². The highest BCUT2D eigenvalue weighted by Crippen LogP contribution is 2.19. The van der Waals surface area contributed by atoms with Gasteiger partial charge in [-0.05, 0) is 0 Å². The molecule has 14 heavy (non-hydrogen) atoms. The molecule has 1 rings (SSSR count). The largest absolute Gasteiger partial charge is 0.394 e. The van der Waals surface area contributed by atoms with Gasteiger partial charge >= 0.3 is 0 Å². The van der Waals surface area contributed by atoms with Crippen molar-refractivity contribution in [3.05, 3.63) is 0 Å². The summed E-state index contributed by atoms with van der Waals surface area (Å²) in [5, 5.41) is 38.9. The number of ether oxygens (including phenoxy) is 1. The lowest BCUT2D eigenvalue weighted by atomic mass is 9.97. The molecule has 0 spiro atoms. The molecule has 7 heteroatoms. The minimum Gasteiger partial charge on any atom is -0.394 e. The Morgan fingerprint density at radius 1 is 1.29 bits per heavy atom. The van der Waals surface area contributed by atoms with Gasteiger partial charge in [-0.1, -0.05) is 0 Å². The van der Waals surface area contributed by atoms with Gasteiger partial charge in [-0.3, -0.25) is 4.79 Å². The summed E-state index contributed by atoms with van der Waals surface area (Å²) < 4.78 is 4.76. The van der Waals surface area contributed by atoms with E-state index in [-0.39, 0.29) is 6.41 Å². The van der Waals surface area contributed by atoms with Crippen LogP contribution in [0, 0.1) is 0 Å². The molecular weight excluding hydrogens is 194 g/mol. The smallest absolute Gasteiger partial charge is 0.207 e. The number of carbonyl (C=O) groups is 1. The van der Waals surface area contributed by atoms with E-state index in [0.717, 1.165) is 0 Å². The fourth-order valence-corrected chi connectivity index (χ4v) is 1.36. The molecule has 0 bridgehead atoms. The SMILES string of the molecule is O=CN[C@@H]1C(O)O[C@H](CO)[C@@H](O)[C@@H]1O. The number of hydrogen-bond donors (Lipinski definition) is 5. The lowest BCUT2D eigenvalue weighted by Crippen LogP contribution is -2.63. The molecule has 1 amide bonds. The van der Waals surface area contributed by atoms with Gasteiger partial charge in [0.2, 0.25) is 6.41 Å². The van der Waals surface area contributed by atoms with Gasteiger partial charge in [0.05, 0.1) is 6.61 Å². The average molecular weight is 207 g/mol. The van der Waals surface area contributed by atoms with Gasteiger partial charge in [-0.15, -0.1) is 0 Å². The number of aliphatic hydroxyl groups excluding tert-OH is 4. The molecule has 82 valence electrons. The first-order valence-corrected chi connectivity index (χ1v) is 4.12. The molecule has 1 heterocycles. The number of hydrogen-bond acceptors (Lipinski definition) is 6. The lowest BCUT2D eigenvalue weighted by molar-refractivity contribution is -0.253. The molecule has 0 aromatic heterocycles. The number of amides is 1. The Morgan fingerprint density at radius 3 is 2.43 bits per heavy atom. The van der Waals surface area contributed by atoms with Crippen LogP contribution in [0.5, 0.6) is 0 Å². The van der Waals surface area contributed by atoms with Crippen molar-refractivity contribution >= 4 is 6.41 Å². The number of aliphatic hydroxyl groups is 4. The van der Waals surface area contributed by atoms with Crippen molar-refractivity contribution in [1.29, 1.82) is 0 Å². The Morgan fingerprint density at radius 2 is 1.93 bits per heavy atom. The summed E-state index contributed by atoms with van der Waals surface area (Å²) in [6.07, 6.45) is -4.94. The van der Waals surface area contributed by atoms with Crippen molar-refractivity contribution in [2.24, 2.45) is 0 Å². The van der Waals surface area contributed by atoms with Gasteiger partial charge in [-0.25, -0.2) is 0 Å². The van der Waals surface area contributed by atoms with Gasteiger partial charge in [0.15, 0.2) is 6.29 Å². The monoisotopic (exact) mass is 207 g/mol. The van der Waals surface area contributed by atoms with E-state index in [1.807, 2.05) is 0 Å². The van der Waals surface area contributed by atoms with Crippen LogP contribution in [-0.4, -0.2) is 64.1 Å². The Bertz CT molecular complexity index is 201. The second kappa shape index (κ2) is 4.67. The van der Waals surface area contributed by atoms with Crippen LogP contribution in [-0.2, 0) is 9.53 Å². The predicted octanol–water partition coefficient (Wildman–Crippen LogP) is -3.47. The summed E-state index contributed by atoms with van der Waals surface area (Å²) in [7, 11) is 0. The maximum atomic E-state index is 10.1. The zero-order valence-corrected chi connectivity index (χ0v) is 7.28. The molecule has 1 aliphatic heterocycles. The predicted molar refractivity (Wildman–Crippen MR) is 43.0 cm³/mol. The molecule has 1 fully saturated rings. The zero-order chi connectivity index (χ0) is 10.7. The molecule has 0 aliphatic carbocycles. The summed E-state index contributed by atoms with van der Waals surface area (Å²) >= 11 is 0. The molecule has 7 nitrogen and oxygen atoms in total. The minimum absolute atomic E-state index is 0.284. The summed E-state index contributed by atoms with van der Waals surface area (Å²) in [5.74, 6) is 0. The highest BCUT2D eigenvalue weighted by atomic mass is 16.6. The minimum atomic E-state index is -1.45. The maximum Gasteiger partial charge on any atom is 0.207 e. The van der Waals surface area contributed by atoms with Crippen LogP contribution in [0.2, 0.25) is 0 Å². The third-order valence-electron chi connectivity index (χ3n) is 2.16. The second-order valence-corrected chi connectivity index (χ2v) is 3.04. The Hall–Kier alpha value is -0.730. The molecule has 0 aromatic carbocycles. The van der Waals surface area contributed by atoms with Crippen molar-refractivity contribution < 1.29 is 30.0 Å². The quantitative estimate of drug-likeness (QED) is 0.307. The van der Waals surface area contributed by atoms with Gasteiger partial charge < -0.3 is 30.5 Å². The van der Waals surface area contributed by atoms with Crippen LogP contribution in [0.3, 0.4) is 0 Å². The van der Waals surface area contributed by atoms with E-state index in [1.165, 1.54) is 0 Å². The van der Waals surface area contributed by atoms with Crippen molar-refractivity contribution in [2.45, 2.75) is 30.6 Å². The first kappa shape index (κ1) is 11.3. The summed E-state index contributed by atoms with van der Waals surface area (Å²) in [6.45, 7) is -0.525. The van der Waals surface area contributed by atoms with Crippen molar-refractivity contribution in [3.63, 3.8) is 0 Å². The molecule has 0 radical (unpaired) electrons. The van der Waals surface area contributed by atoms with E-state index in [9.17, 15) is 20.1 Å². The third kappa shape index (κ3) is 2.02. The highest BCUT2D eigenvalue weighted by Gasteiger charge is 2.43. The molecular formula is C7H13NO6. The first-order valence-electron chi connectivity index (χ1n) is 4.12. The average Bonchev–Trinajstić information content (AvgIpc) is 2.18. The Kier molecular flexibility index (Phi) is 3.78. The van der Waals surface area contributed by atoms with E-state index in [0.29, 0.717) is 0 Å². The van der Waals surface area contributed by atoms with Crippen molar-refractivity contribution in [2.75, 3.05) is 6.61 Å². The van der Waals surface area contributed by atoms with E-state index in [2.05, 4.69) is 5.32 Å². The standard InChI is InChI=1S/C7H13NO6/c9-1-3-5(11)6(12)4(8-2-10)7(13)14-3/h2-7,9,11-13H,1H2,(H,8,10)/t3-,4+,5-,6-,7?/m1/s1. The topological polar surface area (TPSA) is 119 Å². The van der Waals surface area contributed by atoms with Gasteiger partial charge in [-0.2, -0.15) is 0 Å². The molecule has 5 atom stereocenters. The number of nitrogens with one attached hydrogen (secondary N) is 1. The lowest BCUT2D eigenvalue weighted by Gasteiger charge is -2.39. The Labute approximate surface area is 79.9 Å². The number of carbonyl (C=O) groups excluding carboxylic acids is 1. The first-order chi connectivity index (χ1) is 6.61. The van der Waals surface area contributed by atoms with Crippen LogP contribution in [0.15, 0.2) is 0 Å². The van der Waals surface area contributed by atoms with Gasteiger partial charge in [0.25, 0.3) is 0 Å². The zero-order valence-electron chi connectivity index (χ0n) is 7.28. The highest BCUT2D eigenvalue weighted by molar-refractivity contribution is 5.47. The Balaban J connectivity index is 2.68. The summed E-state index contributed by atoms with van der Waals surface area (Å²) in [4.78, 5) is 10.1. The fraction of sp³-hybridized carbons (Fsp3) is 0.857. The van der Waals surface area contributed by atoms with Crippen LogP contribution in [0.4, 0.5) is 0 Å². The normalized spacial score (nSPS) is 43.3. The van der Waals surface area contributed by atoms with Crippen LogP contribution in [0.1, 0.15) is 0 Å². The summed E-state index contributed by atoms with van der Waals surface area (Å²) in [6, 6.07) is -1.09. The molecule has 5 N–H and O–H groups in total. The van der Waals surface area contributed by atoms with Crippen LogP contribution >= 0.6 is 0 Å². The van der Waals surface area contributed by atoms with Crippen LogP contribution in [0.25, 0.3) is 0 Å². The van der Waals surface area contributed by atoms with E-state index >= 15 is 0 Å². The second-order valence-electron chi connectivity index (χ2n) is 3.04. The van der Waals surface area contributed by atoms with Gasteiger partial charge in [0.1, 0.15) is 24.4 Å². The van der Waals surface area contributed by atoms with Crippen LogP contribution < -0.4 is 5.32 Å². The molecule has 1 aliphatic rings. The van der Waals surface area contributed by atoms with Gasteiger partial charge in [0, 0.05) is 0 Å². The third-order valence-corrected chi connectivity index (χ3v) is 2.16. The van der Waals surface area contributed by atoms with E-state index in [4.69, 9.17) is 9.84 Å².